The summed E-state index contributed by atoms with van der Waals surface area (Å²) in [7, 11) is 0. The van der Waals surface area contributed by atoms with Gasteiger partial charge in [0.25, 0.3) is 5.91 Å². The molecule has 2 rings (SSSR count). The molecule has 4 nitrogen and oxygen atoms in total. The molecular weight excluding hydrogens is 364 g/mol. The Bertz CT molecular complexity index is 485. The van der Waals surface area contributed by atoms with E-state index in [1.165, 1.54) is 0 Å². The molecule has 2 N–H and O–H groups in total. The molecule has 0 saturated carbocycles. The lowest BCUT2D eigenvalue weighted by Gasteiger charge is -2.22. The van der Waals surface area contributed by atoms with Crippen LogP contribution in [0, 0.1) is 0 Å². The molecule has 1 atom stereocenters. The SMILES string of the molecule is NC(=O)C1CCCN1C(=O)c1cc(Br)cc(Br)c1. The summed E-state index contributed by atoms with van der Waals surface area (Å²) >= 11 is 6.68. The second kappa shape index (κ2) is 5.40. The van der Waals surface area contributed by atoms with Crippen molar-refractivity contribution in [1.29, 1.82) is 0 Å². The van der Waals surface area contributed by atoms with Gasteiger partial charge in [-0.2, -0.15) is 0 Å². The Hall–Kier alpha value is -0.880. The summed E-state index contributed by atoms with van der Waals surface area (Å²) in [5.74, 6) is -0.590. The maximum absolute atomic E-state index is 12.3. The zero-order chi connectivity index (χ0) is 13.3. The Morgan fingerprint density at radius 2 is 1.83 bits per heavy atom. The van der Waals surface area contributed by atoms with Gasteiger partial charge in [0, 0.05) is 21.1 Å². The van der Waals surface area contributed by atoms with Gasteiger partial charge in [-0.15, -0.1) is 0 Å². The maximum atomic E-state index is 12.3. The lowest BCUT2D eigenvalue weighted by Crippen LogP contribution is -2.43. The number of benzene rings is 1. The van der Waals surface area contributed by atoms with Crippen LogP contribution >= 0.6 is 31.9 Å². The summed E-state index contributed by atoms with van der Waals surface area (Å²) in [5, 5.41) is 0. The first-order valence-corrected chi connectivity index (χ1v) is 7.14. The number of hydrogen-bond acceptors (Lipinski definition) is 2. The first kappa shape index (κ1) is 13.5. The van der Waals surface area contributed by atoms with E-state index in [-0.39, 0.29) is 5.91 Å². The van der Waals surface area contributed by atoms with Crippen molar-refractivity contribution in [2.75, 3.05) is 6.54 Å². The highest BCUT2D eigenvalue weighted by atomic mass is 79.9. The van der Waals surface area contributed by atoms with E-state index in [1.807, 2.05) is 6.07 Å². The fraction of sp³-hybridized carbons (Fsp3) is 0.333. The minimum atomic E-state index is -0.477. The summed E-state index contributed by atoms with van der Waals surface area (Å²) in [5.41, 5.74) is 5.86. The molecule has 18 heavy (non-hydrogen) atoms. The molecule has 1 heterocycles. The summed E-state index contributed by atoms with van der Waals surface area (Å²) in [6.07, 6.45) is 1.46. The van der Waals surface area contributed by atoms with Gasteiger partial charge in [-0.25, -0.2) is 0 Å². The molecule has 1 aromatic carbocycles. The zero-order valence-corrected chi connectivity index (χ0v) is 12.7. The van der Waals surface area contributed by atoms with Crippen LogP contribution in [-0.4, -0.2) is 29.3 Å². The number of primary amides is 1. The minimum absolute atomic E-state index is 0.154. The quantitative estimate of drug-likeness (QED) is 0.861. The van der Waals surface area contributed by atoms with Gasteiger partial charge >= 0.3 is 0 Å². The molecule has 1 saturated heterocycles. The Balaban J connectivity index is 2.28. The number of nitrogens with zero attached hydrogens (tertiary/aromatic N) is 1. The minimum Gasteiger partial charge on any atom is -0.368 e. The second-order valence-corrected chi connectivity index (χ2v) is 6.05. The van der Waals surface area contributed by atoms with Crippen molar-refractivity contribution in [2.45, 2.75) is 18.9 Å². The van der Waals surface area contributed by atoms with Gasteiger partial charge in [0.2, 0.25) is 5.91 Å². The van der Waals surface area contributed by atoms with Gasteiger partial charge in [-0.1, -0.05) is 31.9 Å². The number of likely N-dealkylation sites (tertiary alicyclic amines) is 1. The third kappa shape index (κ3) is 2.75. The van der Waals surface area contributed by atoms with Crippen LogP contribution in [0.25, 0.3) is 0 Å². The van der Waals surface area contributed by atoms with Crippen LogP contribution in [0.3, 0.4) is 0 Å². The molecule has 1 fully saturated rings. The average Bonchev–Trinajstić information content (AvgIpc) is 2.75. The molecule has 2 amide bonds. The fourth-order valence-electron chi connectivity index (χ4n) is 2.15. The van der Waals surface area contributed by atoms with E-state index in [0.717, 1.165) is 15.4 Å². The van der Waals surface area contributed by atoms with Crippen LogP contribution in [0.2, 0.25) is 0 Å². The van der Waals surface area contributed by atoms with Gasteiger partial charge < -0.3 is 10.6 Å². The van der Waals surface area contributed by atoms with E-state index >= 15 is 0 Å². The molecule has 6 heteroatoms. The van der Waals surface area contributed by atoms with Crippen LogP contribution in [0.15, 0.2) is 27.1 Å². The van der Waals surface area contributed by atoms with E-state index < -0.39 is 11.9 Å². The molecular formula is C12H12Br2N2O2. The number of halogens is 2. The first-order chi connectivity index (χ1) is 8.49. The van der Waals surface area contributed by atoms with Crippen LogP contribution in [0.5, 0.6) is 0 Å². The Morgan fingerprint density at radius 3 is 2.39 bits per heavy atom. The molecule has 1 unspecified atom stereocenters. The molecule has 0 spiro atoms. The van der Waals surface area contributed by atoms with E-state index in [9.17, 15) is 9.59 Å². The van der Waals surface area contributed by atoms with E-state index in [1.54, 1.807) is 17.0 Å². The van der Waals surface area contributed by atoms with Crippen molar-refractivity contribution in [1.82, 2.24) is 4.90 Å². The molecule has 1 aliphatic heterocycles. The molecule has 0 aliphatic carbocycles. The first-order valence-electron chi connectivity index (χ1n) is 5.55. The number of carbonyl (C=O) groups is 2. The summed E-state index contributed by atoms with van der Waals surface area (Å²) in [6, 6.07) is 4.86. The number of nitrogens with two attached hydrogens (primary N) is 1. The van der Waals surface area contributed by atoms with Gasteiger partial charge in [-0.3, -0.25) is 9.59 Å². The standard InChI is InChI=1S/C12H12Br2N2O2/c13-8-4-7(5-9(14)6-8)12(18)16-3-1-2-10(16)11(15)17/h4-6,10H,1-3H2,(H2,15,17). The number of amides is 2. The van der Waals surface area contributed by atoms with Crippen molar-refractivity contribution in [3.8, 4) is 0 Å². The summed E-state index contributed by atoms with van der Waals surface area (Å²) < 4.78 is 1.63. The molecule has 1 aromatic rings. The van der Waals surface area contributed by atoms with Crippen molar-refractivity contribution < 1.29 is 9.59 Å². The highest BCUT2D eigenvalue weighted by Gasteiger charge is 2.33. The number of hydrogen-bond donors (Lipinski definition) is 1. The maximum Gasteiger partial charge on any atom is 0.254 e. The van der Waals surface area contributed by atoms with Crippen molar-refractivity contribution in [3.63, 3.8) is 0 Å². The summed E-state index contributed by atoms with van der Waals surface area (Å²) in [4.78, 5) is 25.2. The largest absolute Gasteiger partial charge is 0.368 e. The Kier molecular flexibility index (Phi) is 4.07. The zero-order valence-electron chi connectivity index (χ0n) is 9.53. The predicted molar refractivity (Wildman–Crippen MR) is 75.1 cm³/mol. The third-order valence-electron chi connectivity index (χ3n) is 2.95. The third-order valence-corrected chi connectivity index (χ3v) is 3.87. The van der Waals surface area contributed by atoms with Gasteiger partial charge in [-0.05, 0) is 31.0 Å². The van der Waals surface area contributed by atoms with Gasteiger partial charge in [0.1, 0.15) is 6.04 Å². The molecule has 0 aromatic heterocycles. The molecule has 0 bridgehead atoms. The predicted octanol–water partition coefficient (Wildman–Crippen LogP) is 2.30. The van der Waals surface area contributed by atoms with E-state index in [0.29, 0.717) is 18.5 Å². The Morgan fingerprint density at radius 1 is 1.22 bits per heavy atom. The van der Waals surface area contributed by atoms with Crippen LogP contribution in [0.4, 0.5) is 0 Å². The van der Waals surface area contributed by atoms with Crippen LogP contribution in [0.1, 0.15) is 23.2 Å². The van der Waals surface area contributed by atoms with E-state index in [4.69, 9.17) is 5.73 Å². The van der Waals surface area contributed by atoms with E-state index in [2.05, 4.69) is 31.9 Å². The van der Waals surface area contributed by atoms with Gasteiger partial charge in [0.05, 0.1) is 0 Å². The van der Waals surface area contributed by atoms with Crippen molar-refractivity contribution >= 4 is 43.7 Å². The number of carbonyl (C=O) groups excluding carboxylic acids is 2. The normalized spacial score (nSPS) is 19.0. The number of rotatable bonds is 2. The molecule has 96 valence electrons. The monoisotopic (exact) mass is 374 g/mol. The van der Waals surface area contributed by atoms with Crippen LogP contribution in [-0.2, 0) is 4.79 Å². The summed E-state index contributed by atoms with van der Waals surface area (Å²) in [6.45, 7) is 0.580. The highest BCUT2D eigenvalue weighted by Crippen LogP contribution is 2.24. The Labute approximate surface area is 122 Å². The van der Waals surface area contributed by atoms with Crippen LogP contribution < -0.4 is 5.73 Å². The topological polar surface area (TPSA) is 63.4 Å². The highest BCUT2D eigenvalue weighted by molar-refractivity contribution is 9.11. The van der Waals surface area contributed by atoms with Crippen molar-refractivity contribution in [2.24, 2.45) is 5.73 Å². The second-order valence-electron chi connectivity index (χ2n) is 4.22. The average molecular weight is 376 g/mol. The smallest absolute Gasteiger partial charge is 0.254 e. The lowest BCUT2D eigenvalue weighted by atomic mass is 10.1. The lowest BCUT2D eigenvalue weighted by molar-refractivity contribution is -0.121. The molecule has 0 radical (unpaired) electrons. The van der Waals surface area contributed by atoms with Gasteiger partial charge in [0.15, 0.2) is 0 Å². The molecule has 1 aliphatic rings. The van der Waals surface area contributed by atoms with Crippen molar-refractivity contribution in [3.05, 3.63) is 32.7 Å². The fourth-order valence-corrected chi connectivity index (χ4v) is 3.44.